The van der Waals surface area contributed by atoms with E-state index in [1.807, 2.05) is 39.8 Å². The highest BCUT2D eigenvalue weighted by atomic mass is 31.2. The molecule has 35 heavy (non-hydrogen) atoms. The summed E-state index contributed by atoms with van der Waals surface area (Å²) in [5, 5.41) is 0. The van der Waals surface area contributed by atoms with E-state index in [1.54, 1.807) is 18.2 Å². The Morgan fingerprint density at radius 2 is 1.34 bits per heavy atom. The van der Waals surface area contributed by atoms with Crippen LogP contribution in [0.4, 0.5) is 0 Å². The lowest BCUT2D eigenvalue weighted by Gasteiger charge is -2.26. The van der Waals surface area contributed by atoms with Crippen LogP contribution in [0.25, 0.3) is 0 Å². The Hall–Kier alpha value is -2.39. The predicted molar refractivity (Wildman–Crippen MR) is 142 cm³/mol. The van der Waals surface area contributed by atoms with E-state index < -0.39 is 23.8 Å². The Labute approximate surface area is 210 Å². The summed E-state index contributed by atoms with van der Waals surface area (Å²) in [6.07, 6.45) is 2.94. The second-order valence-electron chi connectivity index (χ2n) is 10.4. The van der Waals surface area contributed by atoms with Gasteiger partial charge in [-0.05, 0) is 74.8 Å². The summed E-state index contributed by atoms with van der Waals surface area (Å²) < 4.78 is 26.4. The lowest BCUT2D eigenvalue weighted by Crippen LogP contribution is -2.23. The molecule has 2 aromatic carbocycles. The molecule has 190 valence electrons. The first-order chi connectivity index (χ1) is 16.5. The minimum atomic E-state index is -4.04. The molecule has 0 heterocycles. The van der Waals surface area contributed by atoms with Gasteiger partial charge in [-0.25, -0.2) is 0 Å². The minimum Gasteiger partial charge on any atom is -0.493 e. The van der Waals surface area contributed by atoms with Gasteiger partial charge in [0.15, 0.2) is 0 Å². The maximum atomic E-state index is 14.9. The molecule has 0 N–H and O–H groups in total. The van der Waals surface area contributed by atoms with E-state index in [0.29, 0.717) is 43.1 Å². The van der Waals surface area contributed by atoms with Crippen LogP contribution in [0.2, 0.25) is 0 Å². The standard InChI is InChI=1S/C29H39O5P/c1-8-33-23-15-12-16-24(34-9-2)26(23)28(31)35(32,22-13-10-11-14-22)27(30)25-19(3)17-21(18-20(25)4)29(5,6)7/h12,15-18,22H,8-11,13-14H2,1-7H3. The van der Waals surface area contributed by atoms with Crippen LogP contribution < -0.4 is 9.47 Å². The fourth-order valence-electron chi connectivity index (χ4n) is 5.03. The Morgan fingerprint density at radius 1 is 0.886 bits per heavy atom. The molecular weight excluding hydrogens is 459 g/mol. The predicted octanol–water partition coefficient (Wildman–Crippen LogP) is 7.68. The molecule has 1 aliphatic carbocycles. The number of carbonyl (C=O) groups excluding carboxylic acids is 2. The summed E-state index contributed by atoms with van der Waals surface area (Å²) in [5.74, 6) is 0.622. The quantitative estimate of drug-likeness (QED) is 0.332. The van der Waals surface area contributed by atoms with Gasteiger partial charge in [0, 0.05) is 11.2 Å². The third-order valence-electron chi connectivity index (χ3n) is 6.86. The summed E-state index contributed by atoms with van der Waals surface area (Å²) in [6.45, 7) is 14.4. The first-order valence-corrected chi connectivity index (χ1v) is 14.4. The second kappa shape index (κ2) is 10.7. The molecule has 3 rings (SSSR count). The molecule has 0 saturated heterocycles. The number of carbonyl (C=O) groups is 2. The fourth-order valence-corrected chi connectivity index (χ4v) is 8.21. The summed E-state index contributed by atoms with van der Waals surface area (Å²) >= 11 is 0. The average Bonchev–Trinajstić information content (AvgIpc) is 3.33. The van der Waals surface area contributed by atoms with E-state index in [0.717, 1.165) is 29.5 Å². The Morgan fingerprint density at radius 3 is 1.77 bits per heavy atom. The molecule has 1 saturated carbocycles. The Balaban J connectivity index is 2.23. The molecule has 1 aliphatic rings. The van der Waals surface area contributed by atoms with Crippen LogP contribution in [-0.2, 0) is 9.98 Å². The molecule has 2 aromatic rings. The highest BCUT2D eigenvalue weighted by Crippen LogP contribution is 2.62. The van der Waals surface area contributed by atoms with Gasteiger partial charge >= 0.3 is 0 Å². The van der Waals surface area contributed by atoms with Crippen LogP contribution >= 0.6 is 7.14 Å². The van der Waals surface area contributed by atoms with Crippen LogP contribution in [0.15, 0.2) is 30.3 Å². The fraction of sp³-hybridized carbons (Fsp3) is 0.517. The number of rotatable bonds is 9. The summed E-state index contributed by atoms with van der Waals surface area (Å²) in [6, 6.07) is 9.08. The van der Waals surface area contributed by atoms with Crippen molar-refractivity contribution in [1.29, 1.82) is 0 Å². The van der Waals surface area contributed by atoms with Crippen LogP contribution in [0.3, 0.4) is 0 Å². The van der Waals surface area contributed by atoms with Gasteiger partial charge in [-0.2, -0.15) is 0 Å². The zero-order valence-corrected chi connectivity index (χ0v) is 23.1. The Bertz CT molecular complexity index is 1100. The van der Waals surface area contributed by atoms with Gasteiger partial charge < -0.3 is 14.0 Å². The zero-order valence-electron chi connectivity index (χ0n) is 22.2. The number of aryl methyl sites for hydroxylation is 2. The van der Waals surface area contributed by atoms with Gasteiger partial charge in [-0.1, -0.05) is 51.8 Å². The van der Waals surface area contributed by atoms with Crippen molar-refractivity contribution in [1.82, 2.24) is 0 Å². The molecule has 1 unspecified atom stereocenters. The summed E-state index contributed by atoms with van der Waals surface area (Å²) in [4.78, 5) is 28.5. The molecule has 1 fully saturated rings. The third-order valence-corrected chi connectivity index (χ3v) is 10.1. The maximum Gasteiger partial charge on any atom is 0.236 e. The van der Waals surface area contributed by atoms with Crippen molar-refractivity contribution >= 4 is 18.2 Å². The van der Waals surface area contributed by atoms with Crippen molar-refractivity contribution in [3.8, 4) is 11.5 Å². The van der Waals surface area contributed by atoms with Crippen LogP contribution in [-0.4, -0.2) is 29.9 Å². The molecule has 5 nitrogen and oxygen atoms in total. The van der Waals surface area contributed by atoms with Crippen molar-refractivity contribution in [2.75, 3.05) is 13.2 Å². The SMILES string of the molecule is CCOc1cccc(OCC)c1C(=O)P(=O)(C(=O)c1c(C)cc(C(C)(C)C)cc1C)C1CCCC1. The van der Waals surface area contributed by atoms with Crippen LogP contribution in [0, 0.1) is 13.8 Å². The van der Waals surface area contributed by atoms with Gasteiger partial charge in [-0.3, -0.25) is 9.59 Å². The largest absolute Gasteiger partial charge is 0.493 e. The van der Waals surface area contributed by atoms with E-state index in [2.05, 4.69) is 20.8 Å². The van der Waals surface area contributed by atoms with Crippen molar-refractivity contribution < 1.29 is 23.6 Å². The maximum absolute atomic E-state index is 14.9. The molecule has 6 heteroatoms. The molecular formula is C29H39O5P. The van der Waals surface area contributed by atoms with E-state index >= 15 is 0 Å². The van der Waals surface area contributed by atoms with Gasteiger partial charge in [0.1, 0.15) is 17.1 Å². The molecule has 0 spiro atoms. The number of hydrogen-bond donors (Lipinski definition) is 0. The lowest BCUT2D eigenvalue weighted by atomic mass is 9.84. The van der Waals surface area contributed by atoms with Crippen molar-refractivity contribution in [3.05, 3.63) is 58.1 Å². The average molecular weight is 499 g/mol. The molecule has 0 amide bonds. The molecule has 1 atom stereocenters. The monoisotopic (exact) mass is 498 g/mol. The second-order valence-corrected chi connectivity index (χ2v) is 13.3. The van der Waals surface area contributed by atoms with Crippen molar-refractivity contribution in [2.24, 2.45) is 0 Å². The van der Waals surface area contributed by atoms with Crippen LogP contribution in [0.5, 0.6) is 11.5 Å². The van der Waals surface area contributed by atoms with Crippen LogP contribution in [0.1, 0.15) is 97.7 Å². The number of benzene rings is 2. The number of ether oxygens (including phenoxy) is 2. The first-order valence-electron chi connectivity index (χ1n) is 12.7. The normalized spacial score (nSPS) is 16.1. The highest BCUT2D eigenvalue weighted by Gasteiger charge is 2.50. The van der Waals surface area contributed by atoms with E-state index in [9.17, 15) is 14.2 Å². The summed E-state index contributed by atoms with van der Waals surface area (Å²) in [7, 11) is -4.04. The molecule has 0 aliphatic heterocycles. The summed E-state index contributed by atoms with van der Waals surface area (Å²) in [5.41, 5.74) is 1.43. The first kappa shape index (κ1) is 27.2. The van der Waals surface area contributed by atoms with E-state index in [4.69, 9.17) is 9.47 Å². The highest BCUT2D eigenvalue weighted by molar-refractivity contribution is 7.96. The van der Waals surface area contributed by atoms with Crippen molar-refractivity contribution in [2.45, 2.75) is 85.2 Å². The smallest absolute Gasteiger partial charge is 0.236 e. The van der Waals surface area contributed by atoms with Gasteiger partial charge in [-0.15, -0.1) is 0 Å². The molecule has 0 aromatic heterocycles. The molecule has 0 radical (unpaired) electrons. The third kappa shape index (κ3) is 5.26. The minimum absolute atomic E-state index is 0.0924. The van der Waals surface area contributed by atoms with E-state index in [1.165, 1.54) is 0 Å². The van der Waals surface area contributed by atoms with E-state index in [-0.39, 0.29) is 11.0 Å². The lowest BCUT2D eigenvalue weighted by molar-refractivity contribution is 0.103. The topological polar surface area (TPSA) is 69.7 Å². The Kier molecular flexibility index (Phi) is 8.32. The van der Waals surface area contributed by atoms with Gasteiger partial charge in [0.05, 0.1) is 13.2 Å². The van der Waals surface area contributed by atoms with Crippen molar-refractivity contribution in [3.63, 3.8) is 0 Å². The van der Waals surface area contributed by atoms with Gasteiger partial charge in [0.2, 0.25) is 18.2 Å². The van der Waals surface area contributed by atoms with Gasteiger partial charge in [0.25, 0.3) is 0 Å². The molecule has 0 bridgehead atoms. The number of hydrogen-bond acceptors (Lipinski definition) is 5. The zero-order chi connectivity index (χ0) is 26.0.